The van der Waals surface area contributed by atoms with E-state index in [1.54, 1.807) is 12.3 Å². The summed E-state index contributed by atoms with van der Waals surface area (Å²) in [6.07, 6.45) is 10.6. The summed E-state index contributed by atoms with van der Waals surface area (Å²) in [4.78, 5) is 16.4. The minimum Gasteiger partial charge on any atom is -0.479 e. The van der Waals surface area contributed by atoms with Crippen LogP contribution < -0.4 is 4.74 Å². The minimum atomic E-state index is -0.515. The SMILES string of the molecule is COc1ncc(C2=C/C=C/C=C(/CC(=O)c3cccc(F)c3)CC2)cc1F. The molecule has 1 aliphatic carbocycles. The first-order valence-corrected chi connectivity index (χ1v) is 8.61. The van der Waals surface area contributed by atoms with Crippen LogP contribution in [0, 0.1) is 11.6 Å². The van der Waals surface area contributed by atoms with Crippen LogP contribution in [0.5, 0.6) is 5.88 Å². The van der Waals surface area contributed by atoms with Crippen LogP contribution in [0.15, 0.2) is 66.4 Å². The molecule has 0 radical (unpaired) electrons. The fraction of sp³-hybridized carbons (Fsp3) is 0.182. The lowest BCUT2D eigenvalue weighted by Crippen LogP contribution is -2.02. The third-order valence-electron chi connectivity index (χ3n) is 4.36. The molecule has 27 heavy (non-hydrogen) atoms. The molecule has 2 aromatic rings. The molecule has 0 N–H and O–H groups in total. The highest BCUT2D eigenvalue weighted by atomic mass is 19.1. The monoisotopic (exact) mass is 367 g/mol. The van der Waals surface area contributed by atoms with Crippen molar-refractivity contribution in [3.05, 3.63) is 89.2 Å². The van der Waals surface area contributed by atoms with Crippen LogP contribution in [0.3, 0.4) is 0 Å². The maximum atomic E-state index is 13.9. The molecule has 3 nitrogen and oxygen atoms in total. The van der Waals surface area contributed by atoms with E-state index in [2.05, 4.69) is 4.98 Å². The second kappa shape index (κ2) is 8.54. The number of carbonyl (C=O) groups excluding carboxylic acids is 1. The number of allylic oxidation sites excluding steroid dienone is 6. The minimum absolute atomic E-state index is 0.0398. The Morgan fingerprint density at radius 2 is 1.96 bits per heavy atom. The predicted octanol–water partition coefficient (Wildman–Crippen LogP) is 5.30. The lowest BCUT2D eigenvalue weighted by Gasteiger charge is -2.12. The van der Waals surface area contributed by atoms with Gasteiger partial charge in [-0.25, -0.2) is 13.8 Å². The first-order valence-electron chi connectivity index (χ1n) is 8.61. The van der Waals surface area contributed by atoms with Gasteiger partial charge in [0.05, 0.1) is 7.11 Å². The number of nitrogens with zero attached hydrogens (tertiary/aromatic N) is 1. The van der Waals surface area contributed by atoms with Crippen LogP contribution in [0.4, 0.5) is 8.78 Å². The van der Waals surface area contributed by atoms with Gasteiger partial charge in [0.2, 0.25) is 5.88 Å². The third-order valence-corrected chi connectivity index (χ3v) is 4.36. The van der Waals surface area contributed by atoms with Gasteiger partial charge in [0.25, 0.3) is 0 Å². The Kier molecular flexibility index (Phi) is 5.91. The van der Waals surface area contributed by atoms with Crippen LogP contribution in [0.1, 0.15) is 35.2 Å². The van der Waals surface area contributed by atoms with Crippen molar-refractivity contribution in [1.29, 1.82) is 0 Å². The summed E-state index contributed by atoms with van der Waals surface area (Å²) in [5.74, 6) is -1.11. The van der Waals surface area contributed by atoms with Crippen molar-refractivity contribution in [2.45, 2.75) is 19.3 Å². The van der Waals surface area contributed by atoms with E-state index in [9.17, 15) is 13.6 Å². The van der Waals surface area contributed by atoms with E-state index in [1.165, 1.54) is 31.4 Å². The van der Waals surface area contributed by atoms with Gasteiger partial charge >= 0.3 is 0 Å². The van der Waals surface area contributed by atoms with Crippen molar-refractivity contribution in [2.75, 3.05) is 7.11 Å². The van der Waals surface area contributed by atoms with E-state index in [-0.39, 0.29) is 18.1 Å². The highest BCUT2D eigenvalue weighted by Gasteiger charge is 2.13. The highest BCUT2D eigenvalue weighted by molar-refractivity contribution is 5.97. The standard InChI is InChI=1S/C22H19F2NO2/c1-27-22-20(24)13-18(14-25-22)16-6-3-2-5-15(9-10-16)11-21(26)17-7-4-8-19(23)12-17/h2-8,12-14H,9-11H2,1H3/b3-2+,15-5+,16-6?. The Bertz CT molecular complexity index is 945. The maximum Gasteiger partial charge on any atom is 0.250 e. The summed E-state index contributed by atoms with van der Waals surface area (Å²) in [7, 11) is 1.37. The average molecular weight is 367 g/mol. The van der Waals surface area contributed by atoms with Gasteiger partial charge in [-0.1, -0.05) is 42.0 Å². The summed E-state index contributed by atoms with van der Waals surface area (Å²) in [5.41, 5.74) is 2.90. The zero-order valence-corrected chi connectivity index (χ0v) is 14.9. The molecule has 138 valence electrons. The van der Waals surface area contributed by atoms with Crippen molar-refractivity contribution < 1.29 is 18.3 Å². The molecule has 0 spiro atoms. The Balaban J connectivity index is 1.71. The van der Waals surface area contributed by atoms with E-state index in [0.29, 0.717) is 24.0 Å². The topological polar surface area (TPSA) is 39.2 Å². The third kappa shape index (κ3) is 4.76. The molecule has 1 aromatic heterocycles. The van der Waals surface area contributed by atoms with E-state index in [4.69, 9.17) is 4.74 Å². The van der Waals surface area contributed by atoms with Gasteiger partial charge in [-0.3, -0.25) is 4.79 Å². The molecular weight excluding hydrogens is 348 g/mol. The fourth-order valence-electron chi connectivity index (χ4n) is 2.93. The molecule has 1 heterocycles. The molecule has 0 saturated carbocycles. The molecule has 5 heteroatoms. The Morgan fingerprint density at radius 3 is 2.70 bits per heavy atom. The largest absolute Gasteiger partial charge is 0.479 e. The number of carbonyl (C=O) groups is 1. The molecule has 0 unspecified atom stereocenters. The number of ketones is 1. The number of benzene rings is 1. The predicted molar refractivity (Wildman–Crippen MR) is 101 cm³/mol. The van der Waals surface area contributed by atoms with Crippen LogP contribution in [-0.4, -0.2) is 17.9 Å². The summed E-state index contributed by atoms with van der Waals surface area (Å²) in [5, 5.41) is 0. The summed E-state index contributed by atoms with van der Waals surface area (Å²) in [6, 6.07) is 7.10. The van der Waals surface area contributed by atoms with Crippen molar-refractivity contribution >= 4 is 11.4 Å². The second-order valence-electron chi connectivity index (χ2n) is 6.23. The number of methoxy groups -OCH3 is 1. The quantitative estimate of drug-likeness (QED) is 0.673. The van der Waals surface area contributed by atoms with E-state index >= 15 is 0 Å². The molecular formula is C22H19F2NO2. The van der Waals surface area contributed by atoms with Gasteiger partial charge in [0.1, 0.15) is 5.82 Å². The van der Waals surface area contributed by atoms with Crippen molar-refractivity contribution in [3.8, 4) is 5.88 Å². The molecule has 0 fully saturated rings. The molecule has 0 atom stereocenters. The molecule has 0 aliphatic heterocycles. The molecule has 3 rings (SSSR count). The highest BCUT2D eigenvalue weighted by Crippen LogP contribution is 2.27. The van der Waals surface area contributed by atoms with E-state index in [0.717, 1.165) is 11.1 Å². The van der Waals surface area contributed by atoms with Gasteiger partial charge in [-0.05, 0) is 42.2 Å². The molecule has 1 aromatic carbocycles. The zero-order chi connectivity index (χ0) is 19.2. The second-order valence-corrected chi connectivity index (χ2v) is 6.23. The maximum absolute atomic E-state index is 13.9. The first-order chi connectivity index (χ1) is 13.1. The lowest BCUT2D eigenvalue weighted by molar-refractivity contribution is 0.0991. The van der Waals surface area contributed by atoms with Crippen LogP contribution in [-0.2, 0) is 0 Å². The summed E-state index contributed by atoms with van der Waals surface area (Å²) >= 11 is 0. The zero-order valence-electron chi connectivity index (χ0n) is 14.9. The molecule has 0 amide bonds. The normalized spacial score (nSPS) is 17.1. The molecule has 0 bridgehead atoms. The average Bonchev–Trinajstić information content (AvgIpc) is 2.64. The van der Waals surface area contributed by atoms with Gasteiger partial charge in [0.15, 0.2) is 11.6 Å². The number of hydrogen-bond acceptors (Lipinski definition) is 3. The number of rotatable bonds is 5. The van der Waals surface area contributed by atoms with E-state index in [1.807, 2.05) is 24.3 Å². The van der Waals surface area contributed by atoms with Crippen molar-refractivity contribution in [2.24, 2.45) is 0 Å². The summed E-state index contributed by atoms with van der Waals surface area (Å²) in [6.45, 7) is 0. The number of Topliss-reactive ketones (excluding diaryl/α,β-unsaturated/α-hetero) is 1. The molecule has 0 saturated heterocycles. The fourth-order valence-corrected chi connectivity index (χ4v) is 2.93. The Hall–Kier alpha value is -3.08. The van der Waals surface area contributed by atoms with Gasteiger partial charge in [-0.15, -0.1) is 0 Å². The number of pyridine rings is 1. The molecule has 1 aliphatic rings. The van der Waals surface area contributed by atoms with Gasteiger partial charge in [-0.2, -0.15) is 0 Å². The van der Waals surface area contributed by atoms with Crippen LogP contribution >= 0.6 is 0 Å². The number of hydrogen-bond donors (Lipinski definition) is 0. The number of halogens is 2. The van der Waals surface area contributed by atoms with Crippen molar-refractivity contribution in [3.63, 3.8) is 0 Å². The Morgan fingerprint density at radius 1 is 1.15 bits per heavy atom. The number of ether oxygens (including phenoxy) is 1. The van der Waals surface area contributed by atoms with Crippen molar-refractivity contribution in [1.82, 2.24) is 4.98 Å². The number of aromatic nitrogens is 1. The Labute approximate surface area is 156 Å². The lowest BCUT2D eigenvalue weighted by atomic mass is 9.93. The van der Waals surface area contributed by atoms with Gasteiger partial charge in [0, 0.05) is 18.2 Å². The van der Waals surface area contributed by atoms with Crippen LogP contribution in [0.2, 0.25) is 0 Å². The van der Waals surface area contributed by atoms with Crippen LogP contribution in [0.25, 0.3) is 5.57 Å². The van der Waals surface area contributed by atoms with E-state index < -0.39 is 11.6 Å². The van der Waals surface area contributed by atoms with Gasteiger partial charge < -0.3 is 4.74 Å². The summed E-state index contributed by atoms with van der Waals surface area (Å²) < 4.78 is 32.1. The first kappa shape index (κ1) is 18.7. The smallest absolute Gasteiger partial charge is 0.250 e.